The van der Waals surface area contributed by atoms with Gasteiger partial charge in [-0.3, -0.25) is 4.79 Å². The number of hydrogen-bond donors (Lipinski definition) is 1. The Bertz CT molecular complexity index is 596. The van der Waals surface area contributed by atoms with Gasteiger partial charge >= 0.3 is 0 Å². The molecule has 1 aromatic carbocycles. The van der Waals surface area contributed by atoms with E-state index in [-0.39, 0.29) is 11.9 Å². The highest BCUT2D eigenvalue weighted by atomic mass is 35.5. The molecular weight excluding hydrogens is 330 g/mol. The Morgan fingerprint density at radius 1 is 1.22 bits per heavy atom. The molecule has 0 bridgehead atoms. The Morgan fingerprint density at radius 3 is 2.57 bits per heavy atom. The first kappa shape index (κ1) is 18.0. The smallest absolute Gasteiger partial charge is 0.223 e. The van der Waals surface area contributed by atoms with Crippen LogP contribution in [0.4, 0.5) is 0 Å². The van der Waals surface area contributed by atoms with Crippen molar-refractivity contribution in [2.75, 3.05) is 13.2 Å². The van der Waals surface area contributed by atoms with Crippen molar-refractivity contribution >= 4 is 28.8 Å². The van der Waals surface area contributed by atoms with Crippen LogP contribution in [0.2, 0.25) is 5.02 Å². The molecule has 0 radical (unpaired) electrons. The van der Waals surface area contributed by atoms with Gasteiger partial charge in [0.2, 0.25) is 5.91 Å². The van der Waals surface area contributed by atoms with Crippen LogP contribution in [0.3, 0.4) is 0 Å². The minimum absolute atomic E-state index is 0.0140. The van der Waals surface area contributed by atoms with Crippen LogP contribution in [0.25, 0.3) is 0 Å². The SMILES string of the molecule is CC(C)COCCC(=O)NC(c1ccc(Cl)cc1)c1ccsc1. The summed E-state index contributed by atoms with van der Waals surface area (Å²) in [5, 5.41) is 7.83. The summed E-state index contributed by atoms with van der Waals surface area (Å²) in [5.74, 6) is 0.464. The molecule has 0 saturated carbocycles. The maximum Gasteiger partial charge on any atom is 0.223 e. The van der Waals surface area contributed by atoms with Gasteiger partial charge in [0.15, 0.2) is 0 Å². The first-order chi connectivity index (χ1) is 11.1. The Hall–Kier alpha value is -1.36. The molecule has 124 valence electrons. The maximum atomic E-state index is 12.2. The third-order valence-electron chi connectivity index (χ3n) is 3.31. The topological polar surface area (TPSA) is 38.3 Å². The fourth-order valence-electron chi connectivity index (χ4n) is 2.17. The van der Waals surface area contributed by atoms with Crippen molar-refractivity contribution in [1.82, 2.24) is 5.32 Å². The summed E-state index contributed by atoms with van der Waals surface area (Å²) in [6.45, 7) is 5.31. The number of thiophene rings is 1. The van der Waals surface area contributed by atoms with Gasteiger partial charge in [0.25, 0.3) is 0 Å². The second-order valence-corrected chi connectivity index (χ2v) is 7.04. The zero-order valence-corrected chi connectivity index (χ0v) is 15.0. The molecule has 0 aliphatic rings. The van der Waals surface area contributed by atoms with Crippen molar-refractivity contribution in [3.63, 3.8) is 0 Å². The van der Waals surface area contributed by atoms with Crippen molar-refractivity contribution in [2.45, 2.75) is 26.3 Å². The molecule has 0 fully saturated rings. The van der Waals surface area contributed by atoms with Crippen LogP contribution in [-0.4, -0.2) is 19.1 Å². The van der Waals surface area contributed by atoms with E-state index in [1.54, 1.807) is 11.3 Å². The molecule has 2 aromatic rings. The standard InChI is InChI=1S/C18H22ClNO2S/c1-13(2)11-22-9-7-17(21)20-18(15-8-10-23-12-15)14-3-5-16(19)6-4-14/h3-6,8,10,12-13,18H,7,9,11H2,1-2H3,(H,20,21). The number of nitrogens with one attached hydrogen (secondary N) is 1. The largest absolute Gasteiger partial charge is 0.381 e. The van der Waals surface area contributed by atoms with Gasteiger partial charge < -0.3 is 10.1 Å². The second-order valence-electron chi connectivity index (χ2n) is 5.83. The van der Waals surface area contributed by atoms with E-state index in [0.29, 0.717) is 30.6 Å². The van der Waals surface area contributed by atoms with Gasteiger partial charge in [-0.1, -0.05) is 37.6 Å². The van der Waals surface area contributed by atoms with Crippen LogP contribution < -0.4 is 5.32 Å². The van der Waals surface area contributed by atoms with E-state index in [4.69, 9.17) is 16.3 Å². The average molecular weight is 352 g/mol. The summed E-state index contributed by atoms with van der Waals surface area (Å²) < 4.78 is 5.48. The van der Waals surface area contributed by atoms with E-state index in [2.05, 4.69) is 24.5 Å². The maximum absolute atomic E-state index is 12.2. The first-order valence-corrected chi connectivity index (χ1v) is 9.03. The molecule has 1 atom stereocenters. The average Bonchev–Trinajstić information content (AvgIpc) is 3.04. The normalized spacial score (nSPS) is 12.3. The lowest BCUT2D eigenvalue weighted by atomic mass is 10.0. The monoisotopic (exact) mass is 351 g/mol. The summed E-state index contributed by atoms with van der Waals surface area (Å²) in [6, 6.07) is 9.44. The van der Waals surface area contributed by atoms with E-state index in [1.165, 1.54) is 0 Å². The van der Waals surface area contributed by atoms with Gasteiger partial charge in [-0.2, -0.15) is 11.3 Å². The molecule has 0 saturated heterocycles. The van der Waals surface area contributed by atoms with E-state index < -0.39 is 0 Å². The summed E-state index contributed by atoms with van der Waals surface area (Å²) in [7, 11) is 0. The van der Waals surface area contributed by atoms with Crippen molar-refractivity contribution in [1.29, 1.82) is 0 Å². The van der Waals surface area contributed by atoms with Crippen LogP contribution in [0.1, 0.15) is 37.4 Å². The fourth-order valence-corrected chi connectivity index (χ4v) is 2.98. The van der Waals surface area contributed by atoms with Crippen LogP contribution >= 0.6 is 22.9 Å². The molecule has 5 heteroatoms. The summed E-state index contributed by atoms with van der Waals surface area (Å²) in [5.41, 5.74) is 2.10. The van der Waals surface area contributed by atoms with Gasteiger partial charge in [-0.25, -0.2) is 0 Å². The fraction of sp³-hybridized carbons (Fsp3) is 0.389. The molecule has 1 unspecified atom stereocenters. The van der Waals surface area contributed by atoms with Crippen LogP contribution in [0, 0.1) is 5.92 Å². The number of hydrogen-bond acceptors (Lipinski definition) is 3. The van der Waals surface area contributed by atoms with Crippen molar-refractivity contribution in [2.24, 2.45) is 5.92 Å². The number of benzene rings is 1. The summed E-state index contributed by atoms with van der Waals surface area (Å²) >= 11 is 7.57. The summed E-state index contributed by atoms with van der Waals surface area (Å²) in [6.07, 6.45) is 0.362. The third kappa shape index (κ3) is 5.98. The number of halogens is 1. The Morgan fingerprint density at radius 2 is 1.96 bits per heavy atom. The molecule has 1 aromatic heterocycles. The lowest BCUT2D eigenvalue weighted by Crippen LogP contribution is -2.29. The number of ether oxygens (including phenoxy) is 1. The lowest BCUT2D eigenvalue weighted by molar-refractivity contribution is -0.122. The van der Waals surface area contributed by atoms with Gasteiger partial charge in [0.1, 0.15) is 0 Å². The Labute approximate surface area is 146 Å². The van der Waals surface area contributed by atoms with Crippen LogP contribution in [0.5, 0.6) is 0 Å². The van der Waals surface area contributed by atoms with E-state index >= 15 is 0 Å². The van der Waals surface area contributed by atoms with Crippen molar-refractivity contribution < 1.29 is 9.53 Å². The molecule has 0 aliphatic carbocycles. The van der Waals surface area contributed by atoms with E-state index in [0.717, 1.165) is 11.1 Å². The Balaban J connectivity index is 1.98. The number of amides is 1. The number of carbonyl (C=O) groups is 1. The molecule has 1 amide bonds. The molecule has 2 rings (SSSR count). The lowest BCUT2D eigenvalue weighted by Gasteiger charge is -2.19. The molecule has 1 N–H and O–H groups in total. The highest BCUT2D eigenvalue weighted by Gasteiger charge is 2.17. The van der Waals surface area contributed by atoms with Gasteiger partial charge in [-0.15, -0.1) is 0 Å². The first-order valence-electron chi connectivity index (χ1n) is 7.71. The number of carbonyl (C=O) groups excluding carboxylic acids is 1. The minimum atomic E-state index is -0.156. The zero-order valence-electron chi connectivity index (χ0n) is 13.4. The quantitative estimate of drug-likeness (QED) is 0.702. The van der Waals surface area contributed by atoms with Crippen LogP contribution in [0.15, 0.2) is 41.1 Å². The Kier molecular flexibility index (Phi) is 7.09. The van der Waals surface area contributed by atoms with Gasteiger partial charge in [0, 0.05) is 18.1 Å². The van der Waals surface area contributed by atoms with E-state index in [9.17, 15) is 4.79 Å². The highest BCUT2D eigenvalue weighted by Crippen LogP contribution is 2.25. The minimum Gasteiger partial charge on any atom is -0.381 e. The summed E-state index contributed by atoms with van der Waals surface area (Å²) in [4.78, 5) is 12.2. The van der Waals surface area contributed by atoms with Crippen molar-refractivity contribution in [3.8, 4) is 0 Å². The van der Waals surface area contributed by atoms with Gasteiger partial charge in [0.05, 0.1) is 12.6 Å². The molecular formula is C18H22ClNO2S. The molecule has 1 heterocycles. The van der Waals surface area contributed by atoms with Gasteiger partial charge in [-0.05, 0) is 46.0 Å². The molecule has 23 heavy (non-hydrogen) atoms. The number of rotatable bonds is 8. The highest BCUT2D eigenvalue weighted by molar-refractivity contribution is 7.08. The third-order valence-corrected chi connectivity index (χ3v) is 4.26. The predicted octanol–water partition coefficient (Wildman–Crippen LogP) is 4.67. The van der Waals surface area contributed by atoms with Crippen molar-refractivity contribution in [3.05, 3.63) is 57.2 Å². The molecule has 0 aliphatic heterocycles. The second kappa shape index (κ2) is 9.06. The molecule has 0 spiro atoms. The predicted molar refractivity (Wildman–Crippen MR) is 96.0 cm³/mol. The van der Waals surface area contributed by atoms with Crippen LogP contribution in [-0.2, 0) is 9.53 Å². The zero-order chi connectivity index (χ0) is 16.7. The molecule has 3 nitrogen and oxygen atoms in total. The van der Waals surface area contributed by atoms with E-state index in [1.807, 2.05) is 35.7 Å².